The molecule has 128 valence electrons. The molecule has 0 saturated carbocycles. The van der Waals surface area contributed by atoms with Gasteiger partial charge in [0.15, 0.2) is 0 Å². The number of hydrogen-bond donors (Lipinski definition) is 1. The summed E-state index contributed by atoms with van der Waals surface area (Å²) in [5.74, 6) is -0.812. The molecule has 0 aliphatic heterocycles. The highest BCUT2D eigenvalue weighted by atomic mass is 32.1. The van der Waals surface area contributed by atoms with Gasteiger partial charge in [-0.15, -0.1) is 11.3 Å². The second kappa shape index (κ2) is 7.59. The maximum atomic E-state index is 13.2. The number of aliphatic hydroxyl groups is 1. The smallest absolute Gasteiger partial charge is 0.348 e. The molecule has 0 bridgehead atoms. The van der Waals surface area contributed by atoms with Crippen molar-refractivity contribution in [2.24, 2.45) is 0 Å². The van der Waals surface area contributed by atoms with E-state index in [0.29, 0.717) is 22.1 Å². The molecule has 1 heterocycles. The molecule has 1 aromatic carbocycles. The average molecular weight is 350 g/mol. The van der Waals surface area contributed by atoms with Gasteiger partial charge in [-0.2, -0.15) is 0 Å². The fourth-order valence-corrected chi connectivity index (χ4v) is 3.25. The Kier molecular flexibility index (Phi) is 5.75. The predicted molar refractivity (Wildman–Crippen MR) is 91.0 cm³/mol. The zero-order valence-electron chi connectivity index (χ0n) is 13.5. The number of esters is 1. The fourth-order valence-electron chi connectivity index (χ4n) is 2.21. The first-order valence-corrected chi connectivity index (χ1v) is 8.33. The third kappa shape index (κ3) is 3.49. The summed E-state index contributed by atoms with van der Waals surface area (Å²) in [6.07, 6.45) is 0. The largest absolute Gasteiger partial charge is 0.493 e. The molecule has 1 aromatic heterocycles. The number of hydrogen-bond acceptors (Lipinski definition) is 5. The first-order chi connectivity index (χ1) is 11.4. The van der Waals surface area contributed by atoms with Crippen molar-refractivity contribution in [2.45, 2.75) is 19.4 Å². The number of carbonyl (C=O) groups is 1. The van der Waals surface area contributed by atoms with Crippen LogP contribution in [0.5, 0.6) is 0 Å². The van der Waals surface area contributed by atoms with Crippen molar-refractivity contribution in [2.75, 3.05) is 13.2 Å². The topological polar surface area (TPSA) is 55.8 Å². The van der Waals surface area contributed by atoms with Crippen molar-refractivity contribution in [1.82, 2.24) is 0 Å². The molecule has 0 aliphatic carbocycles. The van der Waals surface area contributed by atoms with Crippen LogP contribution in [-0.2, 0) is 19.9 Å². The number of rotatable bonds is 7. The van der Waals surface area contributed by atoms with Crippen LogP contribution in [0.25, 0.3) is 5.76 Å². The van der Waals surface area contributed by atoms with Crippen LogP contribution in [0.4, 0.5) is 4.39 Å². The van der Waals surface area contributed by atoms with Crippen LogP contribution < -0.4 is 0 Å². The Morgan fingerprint density at radius 1 is 1.17 bits per heavy atom. The number of ether oxygens (including phenoxy) is 2. The predicted octanol–water partition coefficient (Wildman–Crippen LogP) is 3.69. The zero-order valence-corrected chi connectivity index (χ0v) is 14.4. The Balaban J connectivity index is 2.49. The summed E-state index contributed by atoms with van der Waals surface area (Å²) in [5.41, 5.74) is -1.78. The summed E-state index contributed by atoms with van der Waals surface area (Å²) in [6, 6.07) is 8.43. The molecule has 0 radical (unpaired) electrons. The molecule has 24 heavy (non-hydrogen) atoms. The third-order valence-electron chi connectivity index (χ3n) is 3.39. The summed E-state index contributed by atoms with van der Waals surface area (Å²) >= 11 is 1.17. The lowest BCUT2D eigenvalue weighted by atomic mass is 9.92. The fraction of sp³-hybridized carbons (Fsp3) is 0.278. The maximum Gasteiger partial charge on any atom is 0.348 e. The van der Waals surface area contributed by atoms with Crippen molar-refractivity contribution in [3.05, 3.63) is 64.1 Å². The van der Waals surface area contributed by atoms with Crippen molar-refractivity contribution in [3.63, 3.8) is 0 Å². The molecular formula is C18H19FO4S. The maximum absolute atomic E-state index is 13.2. The summed E-state index contributed by atoms with van der Waals surface area (Å²) in [6.45, 7) is 7.89. The molecule has 2 aromatic rings. The minimum atomic E-state index is -2.01. The number of carbonyl (C=O) groups excluding carboxylic acids is 1. The van der Waals surface area contributed by atoms with Crippen molar-refractivity contribution in [1.29, 1.82) is 0 Å². The van der Waals surface area contributed by atoms with Crippen LogP contribution in [0.2, 0.25) is 0 Å². The highest BCUT2D eigenvalue weighted by molar-refractivity contribution is 7.13. The molecule has 0 spiro atoms. The van der Waals surface area contributed by atoms with Crippen LogP contribution in [-0.4, -0.2) is 24.3 Å². The molecule has 1 unspecified atom stereocenters. The molecule has 1 N–H and O–H groups in total. The summed E-state index contributed by atoms with van der Waals surface area (Å²) in [5, 5.41) is 11.1. The van der Waals surface area contributed by atoms with E-state index in [1.807, 2.05) is 6.92 Å². The highest BCUT2D eigenvalue weighted by Crippen LogP contribution is 2.37. The van der Waals surface area contributed by atoms with E-state index in [0.717, 1.165) is 0 Å². The minimum Gasteiger partial charge on any atom is -0.493 e. The van der Waals surface area contributed by atoms with E-state index >= 15 is 0 Å². The zero-order chi connectivity index (χ0) is 17.7. The van der Waals surface area contributed by atoms with Gasteiger partial charge in [0.25, 0.3) is 0 Å². The van der Waals surface area contributed by atoms with Gasteiger partial charge in [-0.3, -0.25) is 0 Å². The second-order valence-electron chi connectivity index (χ2n) is 4.96. The molecule has 0 amide bonds. The normalized spacial score (nSPS) is 13.2. The molecule has 0 aliphatic rings. The Hall–Kier alpha value is -2.18. The molecule has 6 heteroatoms. The highest BCUT2D eigenvalue weighted by Gasteiger charge is 2.43. The lowest BCUT2D eigenvalue weighted by Crippen LogP contribution is -2.37. The van der Waals surface area contributed by atoms with Gasteiger partial charge in [-0.25, -0.2) is 9.18 Å². The van der Waals surface area contributed by atoms with Gasteiger partial charge in [-0.05, 0) is 38.1 Å². The van der Waals surface area contributed by atoms with E-state index in [2.05, 4.69) is 6.58 Å². The van der Waals surface area contributed by atoms with E-state index in [4.69, 9.17) is 9.47 Å². The summed E-state index contributed by atoms with van der Waals surface area (Å²) in [4.78, 5) is 13.5. The second-order valence-corrected chi connectivity index (χ2v) is 6.04. The van der Waals surface area contributed by atoms with Crippen molar-refractivity contribution < 1.29 is 23.8 Å². The molecule has 4 nitrogen and oxygen atoms in total. The average Bonchev–Trinajstić information content (AvgIpc) is 3.06. The van der Waals surface area contributed by atoms with Gasteiger partial charge in [-0.1, -0.05) is 18.7 Å². The van der Waals surface area contributed by atoms with E-state index < -0.39 is 17.4 Å². The Bertz CT molecular complexity index is 723. The monoisotopic (exact) mass is 350 g/mol. The lowest BCUT2D eigenvalue weighted by Gasteiger charge is -2.25. The van der Waals surface area contributed by atoms with Crippen LogP contribution in [0.15, 0.2) is 43.0 Å². The Morgan fingerprint density at radius 2 is 1.79 bits per heavy atom. The van der Waals surface area contributed by atoms with Crippen molar-refractivity contribution in [3.8, 4) is 0 Å². The van der Waals surface area contributed by atoms with Gasteiger partial charge in [0.2, 0.25) is 5.60 Å². The molecule has 0 saturated heterocycles. The number of benzene rings is 1. The van der Waals surface area contributed by atoms with Gasteiger partial charge < -0.3 is 14.6 Å². The van der Waals surface area contributed by atoms with Crippen LogP contribution in [0.3, 0.4) is 0 Å². The molecular weight excluding hydrogens is 331 g/mol. The Labute approximate surface area is 144 Å². The van der Waals surface area contributed by atoms with E-state index in [1.54, 1.807) is 19.1 Å². The van der Waals surface area contributed by atoms with E-state index in [1.165, 1.54) is 35.6 Å². The third-order valence-corrected chi connectivity index (χ3v) is 4.62. The number of halogens is 1. The van der Waals surface area contributed by atoms with Gasteiger partial charge in [0.1, 0.15) is 11.6 Å². The lowest BCUT2D eigenvalue weighted by molar-refractivity contribution is -0.161. The summed E-state index contributed by atoms with van der Waals surface area (Å²) < 4.78 is 23.6. The van der Waals surface area contributed by atoms with E-state index in [9.17, 15) is 14.3 Å². The van der Waals surface area contributed by atoms with E-state index in [-0.39, 0.29) is 12.2 Å². The quantitative estimate of drug-likeness (QED) is 0.611. The minimum absolute atomic E-state index is 0.117. The first-order valence-electron chi connectivity index (χ1n) is 7.51. The first kappa shape index (κ1) is 18.2. The SMILES string of the molecule is C=C(OCC)c1ccc(C(O)(C(=O)OCC)c2ccc(F)cc2)s1. The summed E-state index contributed by atoms with van der Waals surface area (Å²) in [7, 11) is 0. The van der Waals surface area contributed by atoms with Crippen LogP contribution in [0, 0.1) is 5.82 Å². The molecule has 1 atom stereocenters. The molecule has 0 fully saturated rings. The Morgan fingerprint density at radius 3 is 2.38 bits per heavy atom. The molecule has 2 rings (SSSR count). The van der Waals surface area contributed by atoms with Crippen LogP contribution in [0.1, 0.15) is 29.2 Å². The van der Waals surface area contributed by atoms with Crippen LogP contribution >= 0.6 is 11.3 Å². The van der Waals surface area contributed by atoms with Gasteiger partial charge >= 0.3 is 5.97 Å². The van der Waals surface area contributed by atoms with Gasteiger partial charge in [0.05, 0.1) is 23.0 Å². The van der Waals surface area contributed by atoms with Crippen molar-refractivity contribution >= 4 is 23.1 Å². The number of thiophene rings is 1. The standard InChI is InChI=1S/C18H19FO4S/c1-4-22-12(3)15-10-11-16(24-15)18(21,17(20)23-5-2)13-6-8-14(19)9-7-13/h6-11,21H,3-5H2,1-2H3. The van der Waals surface area contributed by atoms with Gasteiger partial charge in [0, 0.05) is 5.56 Å².